The molecule has 146 valence electrons. The second kappa shape index (κ2) is 7.72. The van der Waals surface area contributed by atoms with Crippen LogP contribution in [-0.4, -0.2) is 51.2 Å². The molecule has 0 aromatic carbocycles. The van der Waals surface area contributed by atoms with Crippen molar-refractivity contribution in [1.82, 2.24) is 19.8 Å². The Morgan fingerprint density at radius 3 is 2.44 bits per heavy atom. The van der Waals surface area contributed by atoms with E-state index in [0.717, 1.165) is 10.8 Å². The lowest BCUT2D eigenvalue weighted by Crippen LogP contribution is -2.47. The number of carbonyl (C=O) groups is 2. The quantitative estimate of drug-likeness (QED) is 0.872. The fourth-order valence-electron chi connectivity index (χ4n) is 2.95. The minimum Gasteiger partial charge on any atom is -0.444 e. The molecule has 0 unspecified atom stereocenters. The molecule has 1 saturated heterocycles. The van der Waals surface area contributed by atoms with Crippen molar-refractivity contribution in [2.24, 2.45) is 0 Å². The molecule has 1 aliphatic heterocycles. The fraction of sp³-hybridized carbons (Fsp3) is 0.526. The van der Waals surface area contributed by atoms with Gasteiger partial charge in [0.2, 0.25) is 0 Å². The van der Waals surface area contributed by atoms with Crippen molar-refractivity contribution in [3.63, 3.8) is 0 Å². The van der Waals surface area contributed by atoms with Gasteiger partial charge in [0.1, 0.15) is 10.5 Å². The van der Waals surface area contributed by atoms with Gasteiger partial charge >= 0.3 is 6.09 Å². The van der Waals surface area contributed by atoms with E-state index in [1.165, 1.54) is 11.3 Å². The van der Waals surface area contributed by atoms with E-state index >= 15 is 0 Å². The lowest BCUT2D eigenvalue weighted by atomic mass is 10.1. The average Bonchev–Trinajstić information content (AvgIpc) is 3.23. The number of hydrogen-bond acceptors (Lipinski definition) is 5. The lowest BCUT2D eigenvalue weighted by molar-refractivity contribution is 0.0200. The summed E-state index contributed by atoms with van der Waals surface area (Å²) in [5.41, 5.74) is 0.232. The first-order chi connectivity index (χ1) is 12.7. The molecular formula is C19H26N4O3S. The van der Waals surface area contributed by atoms with Gasteiger partial charge in [-0.2, -0.15) is 0 Å². The smallest absolute Gasteiger partial charge is 0.410 e. The zero-order chi connectivity index (χ0) is 19.6. The summed E-state index contributed by atoms with van der Waals surface area (Å²) in [6.45, 7) is 8.58. The van der Waals surface area contributed by atoms with Crippen LogP contribution in [0.25, 0.3) is 5.13 Å². The normalized spacial score (nSPS) is 15.6. The van der Waals surface area contributed by atoms with E-state index in [9.17, 15) is 9.59 Å². The number of carbonyl (C=O) groups excluding carboxylic acids is 2. The molecule has 1 aliphatic rings. The second-order valence-electron chi connectivity index (χ2n) is 7.72. The van der Waals surface area contributed by atoms with E-state index in [-0.39, 0.29) is 18.0 Å². The molecule has 0 radical (unpaired) electrons. The number of nitrogens with one attached hydrogen (secondary N) is 1. The number of ether oxygens (including phenoxy) is 1. The molecule has 0 bridgehead atoms. The van der Waals surface area contributed by atoms with E-state index in [4.69, 9.17) is 4.74 Å². The molecule has 2 amide bonds. The molecule has 27 heavy (non-hydrogen) atoms. The number of rotatable bonds is 3. The Morgan fingerprint density at radius 1 is 1.22 bits per heavy atom. The molecule has 0 saturated carbocycles. The highest BCUT2D eigenvalue weighted by Gasteiger charge is 2.28. The van der Waals surface area contributed by atoms with Crippen molar-refractivity contribution < 1.29 is 14.3 Å². The van der Waals surface area contributed by atoms with E-state index in [1.54, 1.807) is 4.90 Å². The Bertz CT molecular complexity index is 800. The third-order valence-electron chi connectivity index (χ3n) is 4.30. The van der Waals surface area contributed by atoms with Crippen LogP contribution < -0.4 is 5.32 Å². The fourth-order valence-corrected chi connectivity index (χ4v) is 3.89. The van der Waals surface area contributed by atoms with E-state index < -0.39 is 5.60 Å². The summed E-state index contributed by atoms with van der Waals surface area (Å²) in [5.74, 6) is -0.0980. The van der Waals surface area contributed by atoms with Crippen molar-refractivity contribution in [3.8, 4) is 5.13 Å². The van der Waals surface area contributed by atoms with E-state index in [2.05, 4.69) is 10.3 Å². The lowest BCUT2D eigenvalue weighted by Gasteiger charge is -2.33. The highest BCUT2D eigenvalue weighted by atomic mass is 32.1. The first-order valence-corrected chi connectivity index (χ1v) is 9.94. The minimum absolute atomic E-state index is 0.0488. The Balaban J connectivity index is 1.55. The Hall–Kier alpha value is -2.35. The summed E-state index contributed by atoms with van der Waals surface area (Å²) in [6.07, 6.45) is 4.96. The monoisotopic (exact) mass is 390 g/mol. The summed E-state index contributed by atoms with van der Waals surface area (Å²) >= 11 is 1.38. The molecule has 8 heteroatoms. The molecule has 1 fully saturated rings. The van der Waals surface area contributed by atoms with Crippen molar-refractivity contribution in [2.45, 2.75) is 52.2 Å². The number of amides is 2. The standard InChI is InChI=1S/C19H26N4O3S/c1-13-15(27-17(20-13)22-9-5-6-10-22)16(24)21-14-7-11-23(12-8-14)18(25)26-19(2,3)4/h5-6,9-10,14H,7-8,11-12H2,1-4H3,(H,21,24). The first kappa shape index (κ1) is 19.4. The average molecular weight is 391 g/mol. The zero-order valence-corrected chi connectivity index (χ0v) is 17.0. The van der Waals surface area contributed by atoms with Gasteiger partial charge < -0.3 is 19.5 Å². The van der Waals surface area contributed by atoms with Gasteiger partial charge in [-0.15, -0.1) is 0 Å². The van der Waals surface area contributed by atoms with Gasteiger partial charge in [-0.3, -0.25) is 4.79 Å². The van der Waals surface area contributed by atoms with Gasteiger partial charge in [-0.25, -0.2) is 9.78 Å². The van der Waals surface area contributed by atoms with Crippen molar-refractivity contribution >= 4 is 23.3 Å². The van der Waals surface area contributed by atoms with Crippen LogP contribution in [0.1, 0.15) is 49.0 Å². The van der Waals surface area contributed by atoms with Crippen molar-refractivity contribution in [1.29, 1.82) is 0 Å². The molecule has 3 heterocycles. The number of hydrogen-bond donors (Lipinski definition) is 1. The highest BCUT2D eigenvalue weighted by Crippen LogP contribution is 2.22. The molecule has 0 spiro atoms. The Labute approximate surface area is 163 Å². The van der Waals surface area contributed by atoms with E-state index in [0.29, 0.717) is 30.8 Å². The summed E-state index contributed by atoms with van der Waals surface area (Å²) in [7, 11) is 0. The van der Waals surface area contributed by atoms with Crippen LogP contribution in [0.4, 0.5) is 4.79 Å². The first-order valence-electron chi connectivity index (χ1n) is 9.12. The summed E-state index contributed by atoms with van der Waals surface area (Å²) in [6, 6.07) is 3.90. The summed E-state index contributed by atoms with van der Waals surface area (Å²) < 4.78 is 7.30. The maximum Gasteiger partial charge on any atom is 0.410 e. The number of likely N-dealkylation sites (tertiary alicyclic amines) is 1. The topological polar surface area (TPSA) is 76.5 Å². The van der Waals surface area contributed by atoms with Crippen molar-refractivity contribution in [2.75, 3.05) is 13.1 Å². The third kappa shape index (κ3) is 4.88. The Kier molecular flexibility index (Phi) is 5.55. The molecule has 1 N–H and O–H groups in total. The molecule has 2 aromatic rings. The maximum atomic E-state index is 12.7. The molecule has 0 aliphatic carbocycles. The van der Waals surface area contributed by atoms with Gasteiger partial charge in [0.05, 0.1) is 5.69 Å². The summed E-state index contributed by atoms with van der Waals surface area (Å²) in [4.78, 5) is 31.6. The second-order valence-corrected chi connectivity index (χ2v) is 8.69. The van der Waals surface area contributed by atoms with Gasteiger partial charge in [-0.05, 0) is 52.7 Å². The largest absolute Gasteiger partial charge is 0.444 e. The number of aryl methyl sites for hydroxylation is 1. The number of aromatic nitrogens is 2. The molecular weight excluding hydrogens is 364 g/mol. The predicted octanol–water partition coefficient (Wildman–Crippen LogP) is 3.37. The molecule has 0 atom stereocenters. The van der Waals surface area contributed by atoms with Crippen LogP contribution in [0.5, 0.6) is 0 Å². The van der Waals surface area contributed by atoms with Gasteiger partial charge in [0.25, 0.3) is 5.91 Å². The van der Waals surface area contributed by atoms with Crippen LogP contribution in [0.3, 0.4) is 0 Å². The zero-order valence-electron chi connectivity index (χ0n) is 16.2. The third-order valence-corrected chi connectivity index (χ3v) is 5.47. The molecule has 7 nitrogen and oxygen atoms in total. The van der Waals surface area contributed by atoms with Crippen molar-refractivity contribution in [3.05, 3.63) is 35.1 Å². The van der Waals surface area contributed by atoms with Crippen LogP contribution >= 0.6 is 11.3 Å². The van der Waals surface area contributed by atoms with Crippen LogP contribution in [0, 0.1) is 6.92 Å². The van der Waals surface area contributed by atoms with Crippen LogP contribution in [0.2, 0.25) is 0 Å². The number of nitrogens with zero attached hydrogens (tertiary/aromatic N) is 3. The maximum absolute atomic E-state index is 12.7. The molecule has 3 rings (SSSR count). The summed E-state index contributed by atoms with van der Waals surface area (Å²) in [5, 5.41) is 3.87. The van der Waals surface area contributed by atoms with Crippen LogP contribution in [0.15, 0.2) is 24.5 Å². The van der Waals surface area contributed by atoms with E-state index in [1.807, 2.05) is 56.8 Å². The van der Waals surface area contributed by atoms with Crippen LogP contribution in [-0.2, 0) is 4.74 Å². The predicted molar refractivity (Wildman–Crippen MR) is 104 cm³/mol. The number of thiazole rings is 1. The SMILES string of the molecule is Cc1nc(-n2cccc2)sc1C(=O)NC1CCN(C(=O)OC(C)(C)C)CC1. The minimum atomic E-state index is -0.497. The number of piperidine rings is 1. The van der Waals surface area contributed by atoms with Gasteiger partial charge in [0.15, 0.2) is 5.13 Å². The van der Waals surface area contributed by atoms with Gasteiger partial charge in [-0.1, -0.05) is 11.3 Å². The van der Waals surface area contributed by atoms with Gasteiger partial charge in [0, 0.05) is 31.5 Å². The highest BCUT2D eigenvalue weighted by molar-refractivity contribution is 7.16. The molecule has 2 aromatic heterocycles. The Morgan fingerprint density at radius 2 is 1.85 bits per heavy atom.